The first-order chi connectivity index (χ1) is 20.0. The van der Waals surface area contributed by atoms with Crippen molar-refractivity contribution in [2.24, 2.45) is 5.73 Å². The largest absolute Gasteiger partial charge is 0.398 e. The zero-order chi connectivity index (χ0) is 31.0. The summed E-state index contributed by atoms with van der Waals surface area (Å²) in [5.41, 5.74) is 15.4. The van der Waals surface area contributed by atoms with Crippen LogP contribution in [-0.4, -0.2) is 29.0 Å². The van der Waals surface area contributed by atoms with Gasteiger partial charge in [0, 0.05) is 42.6 Å². The van der Waals surface area contributed by atoms with Crippen LogP contribution in [0.3, 0.4) is 0 Å². The van der Waals surface area contributed by atoms with Crippen LogP contribution >= 0.6 is 0 Å². The fraction of sp³-hybridized carbons (Fsp3) is 0.361. The second-order valence-electron chi connectivity index (χ2n) is 11.3. The maximum absolute atomic E-state index is 15.9. The summed E-state index contributed by atoms with van der Waals surface area (Å²) >= 11 is 0. The lowest BCUT2D eigenvalue weighted by Gasteiger charge is -2.24. The van der Waals surface area contributed by atoms with Crippen LogP contribution in [0.2, 0.25) is 0 Å². The van der Waals surface area contributed by atoms with Gasteiger partial charge >= 0.3 is 0 Å². The van der Waals surface area contributed by atoms with Gasteiger partial charge in [-0.2, -0.15) is 0 Å². The van der Waals surface area contributed by atoms with E-state index in [1.54, 1.807) is 6.20 Å². The van der Waals surface area contributed by atoms with Gasteiger partial charge in [0.15, 0.2) is 5.83 Å². The van der Waals surface area contributed by atoms with Gasteiger partial charge in [-0.05, 0) is 87.5 Å². The molecule has 1 fully saturated rings. The second-order valence-corrected chi connectivity index (χ2v) is 11.3. The minimum Gasteiger partial charge on any atom is -0.398 e. The number of benzene rings is 1. The number of nitrogens with zero attached hydrogens (tertiary/aromatic N) is 2. The van der Waals surface area contributed by atoms with E-state index in [1.807, 2.05) is 56.1 Å². The number of halogens is 1. The Labute approximate surface area is 252 Å². The van der Waals surface area contributed by atoms with E-state index >= 15 is 4.39 Å². The number of rotatable bonds is 8. The molecule has 0 atom stereocenters. The lowest BCUT2D eigenvalue weighted by molar-refractivity contribution is 0.467. The molecular formula is C36H48FN5. The molecule has 0 radical (unpaired) electrons. The predicted octanol–water partition coefficient (Wildman–Crippen LogP) is 8.39. The van der Waals surface area contributed by atoms with Crippen molar-refractivity contribution in [3.05, 3.63) is 118 Å². The smallest absolute Gasteiger partial charge is 0.162 e. The molecule has 0 spiro atoms. The Morgan fingerprint density at radius 1 is 1.02 bits per heavy atom. The van der Waals surface area contributed by atoms with E-state index in [0.717, 1.165) is 63.0 Å². The summed E-state index contributed by atoms with van der Waals surface area (Å²) in [5.74, 6) is -0.349. The van der Waals surface area contributed by atoms with Crippen molar-refractivity contribution in [2.75, 3.05) is 13.1 Å². The van der Waals surface area contributed by atoms with Crippen LogP contribution in [-0.2, 0) is 0 Å². The molecule has 1 saturated carbocycles. The van der Waals surface area contributed by atoms with Gasteiger partial charge in [0.05, 0.1) is 22.6 Å². The van der Waals surface area contributed by atoms with Gasteiger partial charge in [0.25, 0.3) is 0 Å². The molecule has 2 aliphatic rings. The maximum atomic E-state index is 15.9. The molecule has 2 heterocycles. The molecule has 6 heteroatoms. The Morgan fingerprint density at radius 2 is 1.69 bits per heavy atom. The van der Waals surface area contributed by atoms with Crippen LogP contribution in [0.25, 0.3) is 16.6 Å². The minimum absolute atomic E-state index is 0.275. The third kappa shape index (κ3) is 8.03. The number of para-hydroxylation sites is 1. The topological polar surface area (TPSA) is 66.2 Å². The second kappa shape index (κ2) is 14.7. The number of allylic oxidation sites excluding steroid dienone is 7. The zero-order valence-electron chi connectivity index (χ0n) is 26.5. The SMILES string of the molecule is C=C(C)/C1=C/N(C2CC2)/C=C(F)/C(NCCNC(=C(C)C)c2ccc3ccccc3n2)=C(C)\C(N)=C(/C)C1=C.CCC. The summed E-state index contributed by atoms with van der Waals surface area (Å²) in [6.07, 6.45) is 6.82. The van der Waals surface area contributed by atoms with Crippen LogP contribution in [0, 0.1) is 0 Å². The predicted molar refractivity (Wildman–Crippen MR) is 178 cm³/mol. The van der Waals surface area contributed by atoms with Gasteiger partial charge in [0.1, 0.15) is 0 Å². The van der Waals surface area contributed by atoms with Gasteiger partial charge in [-0.3, -0.25) is 0 Å². The van der Waals surface area contributed by atoms with Crippen LogP contribution in [0.1, 0.15) is 73.4 Å². The first-order valence-corrected chi connectivity index (χ1v) is 14.9. The number of aromatic nitrogens is 1. The number of pyridine rings is 1. The monoisotopic (exact) mass is 569 g/mol. The molecule has 0 unspecified atom stereocenters. The summed E-state index contributed by atoms with van der Waals surface area (Å²) in [6.45, 7) is 23.6. The Balaban J connectivity index is 0.00000155. The summed E-state index contributed by atoms with van der Waals surface area (Å²) in [4.78, 5) is 6.80. The van der Waals surface area contributed by atoms with Crippen LogP contribution in [0.5, 0.6) is 0 Å². The highest BCUT2D eigenvalue weighted by molar-refractivity contribution is 5.81. The van der Waals surface area contributed by atoms with Crippen molar-refractivity contribution in [1.82, 2.24) is 20.5 Å². The Kier molecular flexibility index (Phi) is 11.4. The first kappa shape index (κ1) is 32.5. The molecule has 5 nitrogen and oxygen atoms in total. The average molecular weight is 570 g/mol. The Morgan fingerprint density at radius 3 is 2.31 bits per heavy atom. The van der Waals surface area contributed by atoms with E-state index in [1.165, 1.54) is 6.42 Å². The number of hydrogen-bond acceptors (Lipinski definition) is 5. The molecule has 42 heavy (non-hydrogen) atoms. The summed E-state index contributed by atoms with van der Waals surface area (Å²) in [6, 6.07) is 12.5. The minimum atomic E-state index is -0.349. The van der Waals surface area contributed by atoms with Gasteiger partial charge in [-0.15, -0.1) is 0 Å². The Hall–Kier alpha value is -4.06. The summed E-state index contributed by atoms with van der Waals surface area (Å²) in [7, 11) is 0. The fourth-order valence-electron chi connectivity index (χ4n) is 4.69. The first-order valence-electron chi connectivity index (χ1n) is 14.9. The van der Waals surface area contributed by atoms with Crippen molar-refractivity contribution >= 4 is 16.6 Å². The van der Waals surface area contributed by atoms with Crippen LogP contribution in [0.15, 0.2) is 113 Å². The quantitative estimate of drug-likeness (QED) is 0.279. The van der Waals surface area contributed by atoms with E-state index in [-0.39, 0.29) is 11.9 Å². The van der Waals surface area contributed by atoms with E-state index in [4.69, 9.17) is 10.7 Å². The number of fused-ring (bicyclic) bond motifs is 1. The van der Waals surface area contributed by atoms with Gasteiger partial charge in [-0.25, -0.2) is 9.37 Å². The molecule has 1 aromatic carbocycles. The molecule has 2 aromatic rings. The van der Waals surface area contributed by atoms with Crippen molar-refractivity contribution in [1.29, 1.82) is 0 Å². The number of nitrogens with one attached hydrogen (secondary N) is 2. The zero-order valence-corrected chi connectivity index (χ0v) is 26.5. The van der Waals surface area contributed by atoms with Crippen LogP contribution in [0.4, 0.5) is 4.39 Å². The highest BCUT2D eigenvalue weighted by Crippen LogP contribution is 2.34. The molecule has 1 aliphatic carbocycles. The molecular weight excluding hydrogens is 521 g/mol. The normalized spacial score (nSPS) is 21.8. The number of nitrogens with two attached hydrogens (primary N) is 1. The molecule has 0 amide bonds. The molecule has 1 aromatic heterocycles. The van der Waals surface area contributed by atoms with Crippen LogP contribution < -0.4 is 16.4 Å². The van der Waals surface area contributed by atoms with E-state index in [2.05, 4.69) is 63.6 Å². The average Bonchev–Trinajstić information content (AvgIpc) is 3.80. The van der Waals surface area contributed by atoms with E-state index < -0.39 is 0 Å². The molecule has 4 rings (SSSR count). The molecule has 4 N–H and O–H groups in total. The summed E-state index contributed by atoms with van der Waals surface area (Å²) in [5, 5.41) is 7.92. The van der Waals surface area contributed by atoms with E-state index in [9.17, 15) is 0 Å². The fourth-order valence-corrected chi connectivity index (χ4v) is 4.69. The third-order valence-corrected chi connectivity index (χ3v) is 7.25. The highest BCUT2D eigenvalue weighted by Gasteiger charge is 2.28. The van der Waals surface area contributed by atoms with E-state index in [0.29, 0.717) is 30.1 Å². The van der Waals surface area contributed by atoms with Crippen molar-refractivity contribution < 1.29 is 4.39 Å². The molecule has 0 bridgehead atoms. The van der Waals surface area contributed by atoms with Crippen molar-refractivity contribution in [3.8, 4) is 0 Å². The van der Waals surface area contributed by atoms with Gasteiger partial charge in [-0.1, -0.05) is 63.3 Å². The van der Waals surface area contributed by atoms with Gasteiger partial charge < -0.3 is 21.3 Å². The number of hydrogen-bond donors (Lipinski definition) is 3. The lowest BCUT2D eigenvalue weighted by atomic mass is 9.92. The Bertz CT molecular complexity index is 1480. The van der Waals surface area contributed by atoms with Crippen molar-refractivity contribution in [3.63, 3.8) is 0 Å². The lowest BCUT2D eigenvalue weighted by Crippen LogP contribution is -2.29. The molecule has 1 aliphatic heterocycles. The summed E-state index contributed by atoms with van der Waals surface area (Å²) < 4.78 is 15.9. The van der Waals surface area contributed by atoms with Gasteiger partial charge in [0.2, 0.25) is 0 Å². The molecule has 224 valence electrons. The third-order valence-electron chi connectivity index (χ3n) is 7.25. The molecule has 0 saturated heterocycles. The highest BCUT2D eigenvalue weighted by atomic mass is 19.1. The van der Waals surface area contributed by atoms with Crippen molar-refractivity contribution in [2.45, 2.75) is 73.8 Å². The maximum Gasteiger partial charge on any atom is 0.162 e. The standard InChI is InChI=1S/C33H40FN5.C3H8/c1-20(2)27-18-39(26-13-14-26)19-28(34)33(24(7)31(35)23(6)22(27)5)37-17-16-36-32(21(3)4)30-15-12-25-10-8-9-11-29(25)38-30;1-3-2/h8-12,15,18-19,26,36-37H,1,5,13-14,16-17,35H2,2-4,6-7H3;3H2,1-2H3/b27-18-,28-19-,31-23-,33-24+;.